The molecule has 1 aliphatic carbocycles. The van der Waals surface area contributed by atoms with E-state index in [9.17, 15) is 26.7 Å². The summed E-state index contributed by atoms with van der Waals surface area (Å²) in [6, 6.07) is 8.95. The Balaban J connectivity index is 1.40. The average Bonchev–Trinajstić information content (AvgIpc) is 3.27. The molecule has 1 aromatic carbocycles. The van der Waals surface area contributed by atoms with Crippen LogP contribution in [0.4, 0.5) is 22.0 Å². The van der Waals surface area contributed by atoms with Gasteiger partial charge in [0.1, 0.15) is 12.4 Å². The molecule has 2 heterocycles. The minimum Gasteiger partial charge on any atom is -0.490 e. The van der Waals surface area contributed by atoms with Crippen LogP contribution in [0.25, 0.3) is 0 Å². The van der Waals surface area contributed by atoms with Gasteiger partial charge in [-0.3, -0.25) is 14.5 Å². The lowest BCUT2D eigenvalue weighted by Gasteiger charge is -2.30. The number of halogens is 6. The largest absolute Gasteiger partial charge is 0.522 e. The van der Waals surface area contributed by atoms with Gasteiger partial charge in [-0.1, -0.05) is 17.7 Å². The van der Waals surface area contributed by atoms with Crippen LogP contribution in [0.2, 0.25) is 5.02 Å². The number of alkyl halides is 5. The first-order valence-electron chi connectivity index (χ1n) is 9.78. The van der Waals surface area contributed by atoms with Crippen molar-refractivity contribution in [2.75, 3.05) is 26.3 Å². The molecule has 5 nitrogen and oxygen atoms in total. The van der Waals surface area contributed by atoms with Crippen LogP contribution in [0.15, 0.2) is 42.6 Å². The third-order valence-corrected chi connectivity index (χ3v) is 6.21. The fourth-order valence-corrected chi connectivity index (χ4v) is 4.53. The fraction of sp³-hybridized carbons (Fsp3) is 0.429. The number of nitrogens with zero attached hydrogens (tertiary/aromatic N) is 2. The standard InChI is InChI=1S/C21H18ClF5N2O3/c22-14-11-13(4-5-15(14)31-9-10-32-21(25,26)27)18(30)29-8-6-19(16(12-29)20(19,23)24)17-3-1-2-7-28-17/h1-5,7,11,16H,6,8-10,12H2/t16?,19-/m0/s1. The van der Waals surface area contributed by atoms with E-state index in [2.05, 4.69) is 9.72 Å². The summed E-state index contributed by atoms with van der Waals surface area (Å²) in [5, 5.41) is 0.0134. The minimum absolute atomic E-state index is 0.0134. The molecule has 0 spiro atoms. The number of amides is 1. The molecule has 0 bridgehead atoms. The van der Waals surface area contributed by atoms with E-state index in [1.54, 1.807) is 18.2 Å². The molecule has 2 fully saturated rings. The second-order valence-electron chi connectivity index (χ2n) is 7.65. The topological polar surface area (TPSA) is 51.7 Å². The van der Waals surface area contributed by atoms with Gasteiger partial charge >= 0.3 is 6.36 Å². The first kappa shape index (κ1) is 22.7. The highest BCUT2D eigenvalue weighted by atomic mass is 35.5. The van der Waals surface area contributed by atoms with Crippen LogP contribution in [0, 0.1) is 5.92 Å². The maximum absolute atomic E-state index is 14.7. The van der Waals surface area contributed by atoms with Gasteiger partial charge in [0.05, 0.1) is 28.7 Å². The molecule has 11 heteroatoms. The quantitative estimate of drug-likeness (QED) is 0.448. The van der Waals surface area contributed by atoms with Gasteiger partial charge in [0, 0.05) is 24.8 Å². The van der Waals surface area contributed by atoms with E-state index >= 15 is 0 Å². The Morgan fingerprint density at radius 1 is 1.22 bits per heavy atom. The summed E-state index contributed by atoms with van der Waals surface area (Å²) in [6.45, 7) is -1.11. The molecule has 2 aromatic rings. The molecule has 1 unspecified atom stereocenters. The summed E-state index contributed by atoms with van der Waals surface area (Å²) in [7, 11) is 0. The zero-order chi connectivity index (χ0) is 23.1. The monoisotopic (exact) mass is 476 g/mol. The highest BCUT2D eigenvalue weighted by Crippen LogP contribution is 2.69. The summed E-state index contributed by atoms with van der Waals surface area (Å²) >= 11 is 6.08. The lowest BCUT2D eigenvalue weighted by atomic mass is 9.90. The average molecular weight is 477 g/mol. The number of pyridine rings is 1. The van der Waals surface area contributed by atoms with E-state index in [0.717, 1.165) is 0 Å². The second-order valence-corrected chi connectivity index (χ2v) is 8.06. The summed E-state index contributed by atoms with van der Waals surface area (Å²) in [4.78, 5) is 18.3. The molecule has 1 aromatic heterocycles. The van der Waals surface area contributed by atoms with Crippen LogP contribution in [-0.4, -0.2) is 54.4 Å². The summed E-state index contributed by atoms with van der Waals surface area (Å²) in [5.41, 5.74) is -0.844. The zero-order valence-corrected chi connectivity index (χ0v) is 17.3. The zero-order valence-electron chi connectivity index (χ0n) is 16.5. The number of hydrogen-bond donors (Lipinski definition) is 0. The number of hydrogen-bond acceptors (Lipinski definition) is 4. The molecule has 2 atom stereocenters. The van der Waals surface area contributed by atoms with Crippen molar-refractivity contribution >= 4 is 17.5 Å². The predicted octanol–water partition coefficient (Wildman–Crippen LogP) is 4.70. The Labute approximate surface area is 185 Å². The van der Waals surface area contributed by atoms with Crippen molar-refractivity contribution in [3.63, 3.8) is 0 Å². The Bertz CT molecular complexity index is 1000. The normalized spacial score (nSPS) is 24.1. The molecule has 1 saturated carbocycles. The lowest BCUT2D eigenvalue weighted by molar-refractivity contribution is -0.325. The molecular weight excluding hydrogens is 459 g/mol. The number of ether oxygens (including phenoxy) is 2. The maximum atomic E-state index is 14.7. The van der Waals surface area contributed by atoms with Crippen molar-refractivity contribution in [3.05, 3.63) is 58.9 Å². The van der Waals surface area contributed by atoms with Crippen LogP contribution in [0.3, 0.4) is 0 Å². The van der Waals surface area contributed by atoms with Crippen molar-refractivity contribution < 1.29 is 36.2 Å². The molecule has 2 aliphatic rings. The Hall–Kier alpha value is -2.46. The van der Waals surface area contributed by atoms with Gasteiger partial charge < -0.3 is 9.64 Å². The minimum atomic E-state index is -4.76. The number of aromatic nitrogens is 1. The second kappa shape index (κ2) is 8.15. The Morgan fingerprint density at radius 3 is 2.62 bits per heavy atom. The van der Waals surface area contributed by atoms with Gasteiger partial charge in [0.2, 0.25) is 0 Å². The SMILES string of the molecule is O=C(c1ccc(OCCOC(F)(F)F)c(Cl)c1)N1CC[C@@]2(c3ccccn3)C(C1)C2(F)F. The van der Waals surface area contributed by atoms with Crippen LogP contribution in [0.5, 0.6) is 5.75 Å². The molecule has 1 aliphatic heterocycles. The fourth-order valence-electron chi connectivity index (χ4n) is 4.30. The van der Waals surface area contributed by atoms with E-state index in [4.69, 9.17) is 16.3 Å². The van der Waals surface area contributed by atoms with Gasteiger partial charge in [-0.15, -0.1) is 13.2 Å². The van der Waals surface area contributed by atoms with E-state index in [1.165, 1.54) is 29.3 Å². The van der Waals surface area contributed by atoms with Crippen molar-refractivity contribution in [1.82, 2.24) is 9.88 Å². The van der Waals surface area contributed by atoms with E-state index < -0.39 is 42.7 Å². The molecule has 1 amide bonds. The van der Waals surface area contributed by atoms with E-state index in [1.807, 2.05) is 0 Å². The highest BCUT2D eigenvalue weighted by Gasteiger charge is 2.82. The number of carbonyl (C=O) groups excluding carboxylic acids is 1. The molecule has 0 N–H and O–H groups in total. The highest BCUT2D eigenvalue weighted by molar-refractivity contribution is 6.32. The lowest BCUT2D eigenvalue weighted by Crippen LogP contribution is -2.40. The molecule has 0 radical (unpaired) electrons. The number of benzene rings is 1. The van der Waals surface area contributed by atoms with Crippen LogP contribution in [-0.2, 0) is 10.2 Å². The molecule has 4 rings (SSSR count). The van der Waals surface area contributed by atoms with Crippen molar-refractivity contribution in [2.24, 2.45) is 5.92 Å². The van der Waals surface area contributed by atoms with Crippen molar-refractivity contribution in [2.45, 2.75) is 24.1 Å². The van der Waals surface area contributed by atoms with E-state index in [-0.39, 0.29) is 35.8 Å². The van der Waals surface area contributed by atoms with Crippen LogP contribution in [0.1, 0.15) is 22.5 Å². The number of likely N-dealkylation sites (tertiary alicyclic amines) is 1. The number of fused-ring (bicyclic) bond motifs is 1. The van der Waals surface area contributed by atoms with Gasteiger partial charge in [-0.05, 0) is 36.8 Å². The van der Waals surface area contributed by atoms with Gasteiger partial charge in [-0.2, -0.15) is 0 Å². The van der Waals surface area contributed by atoms with Crippen LogP contribution >= 0.6 is 11.6 Å². The van der Waals surface area contributed by atoms with Crippen molar-refractivity contribution in [3.8, 4) is 5.75 Å². The summed E-state index contributed by atoms with van der Waals surface area (Å²) in [6.07, 6.45) is -3.19. The van der Waals surface area contributed by atoms with E-state index in [0.29, 0.717) is 5.69 Å². The molecule has 1 saturated heterocycles. The summed E-state index contributed by atoms with van der Waals surface area (Å²) < 4.78 is 74.1. The van der Waals surface area contributed by atoms with Gasteiger partial charge in [0.25, 0.3) is 11.8 Å². The first-order valence-corrected chi connectivity index (χ1v) is 10.2. The Kier molecular flexibility index (Phi) is 5.79. The maximum Gasteiger partial charge on any atom is 0.522 e. The number of piperidine rings is 1. The molecule has 172 valence electrons. The molecular formula is C21H18ClF5N2O3. The third kappa shape index (κ3) is 4.01. The number of carbonyl (C=O) groups is 1. The van der Waals surface area contributed by atoms with Gasteiger partial charge in [-0.25, -0.2) is 8.78 Å². The third-order valence-electron chi connectivity index (χ3n) is 5.92. The summed E-state index contributed by atoms with van der Waals surface area (Å²) in [5.74, 6) is -4.36. The number of rotatable bonds is 6. The van der Waals surface area contributed by atoms with Gasteiger partial charge in [0.15, 0.2) is 0 Å². The van der Waals surface area contributed by atoms with Crippen LogP contribution < -0.4 is 4.74 Å². The Morgan fingerprint density at radius 2 is 2.00 bits per heavy atom. The smallest absolute Gasteiger partial charge is 0.490 e. The first-order chi connectivity index (χ1) is 15.1. The predicted molar refractivity (Wildman–Crippen MR) is 104 cm³/mol. The molecule has 32 heavy (non-hydrogen) atoms. The van der Waals surface area contributed by atoms with Crippen molar-refractivity contribution in [1.29, 1.82) is 0 Å².